The molecule has 0 atom stereocenters. The molecule has 0 N–H and O–H groups in total. The molecule has 0 amide bonds. The monoisotopic (exact) mass is 844 g/mol. The summed E-state index contributed by atoms with van der Waals surface area (Å²) in [6.07, 6.45) is 0. The van der Waals surface area contributed by atoms with Crippen molar-refractivity contribution >= 4 is 43.6 Å². The molecule has 6 nitrogen and oxygen atoms in total. The number of fused-ring (bicyclic) bond motifs is 6. The summed E-state index contributed by atoms with van der Waals surface area (Å²) in [6.45, 7) is 4.26. The zero-order valence-corrected chi connectivity index (χ0v) is 36.3. The first-order valence-electron chi connectivity index (χ1n) is 22.2. The standard InChI is InChI=1S/C60H40N6/c1-38-15-13-21-43(31-38)45-27-29-53-49(35-45)47-23-9-11-25-51(47)65(53)55-33-40(37-61)34-56(57(55)60-63-58(41-17-5-3-6-18-41)62-59(64-60)42-19-7-4-8-20-42)66-52-26-12-10-24-48(52)50-36-46(28-30-54(50)66)44-22-14-16-39(2)32-44/h3-36H,1-2H3. The van der Waals surface area contributed by atoms with Gasteiger partial charge in [-0.3, -0.25) is 0 Å². The van der Waals surface area contributed by atoms with Crippen LogP contribution in [0.25, 0.3) is 111 Å². The van der Waals surface area contributed by atoms with Gasteiger partial charge < -0.3 is 9.13 Å². The number of benzene rings is 9. The molecule has 66 heavy (non-hydrogen) atoms. The Hall–Kier alpha value is -8.92. The molecule has 0 aliphatic rings. The third kappa shape index (κ3) is 6.53. The van der Waals surface area contributed by atoms with Crippen molar-refractivity contribution in [2.75, 3.05) is 0 Å². The van der Waals surface area contributed by atoms with Gasteiger partial charge >= 0.3 is 0 Å². The topological polar surface area (TPSA) is 72.3 Å². The zero-order chi connectivity index (χ0) is 44.3. The number of rotatable bonds is 7. The van der Waals surface area contributed by atoms with E-state index in [0.717, 1.165) is 93.9 Å². The Kier molecular flexibility index (Phi) is 9.22. The second kappa shape index (κ2) is 15.7. The van der Waals surface area contributed by atoms with Gasteiger partial charge in [0.1, 0.15) is 0 Å². The molecular weight excluding hydrogens is 805 g/mol. The summed E-state index contributed by atoms with van der Waals surface area (Å²) in [7, 11) is 0. The van der Waals surface area contributed by atoms with Gasteiger partial charge in [0, 0.05) is 32.7 Å². The van der Waals surface area contributed by atoms with Crippen LogP contribution in [0.5, 0.6) is 0 Å². The summed E-state index contributed by atoms with van der Waals surface area (Å²) < 4.78 is 4.59. The number of aryl methyl sites for hydroxylation is 2. The largest absolute Gasteiger partial charge is 0.308 e. The van der Waals surface area contributed by atoms with Crippen LogP contribution in [0.1, 0.15) is 16.7 Å². The van der Waals surface area contributed by atoms with Crippen molar-refractivity contribution in [3.05, 3.63) is 223 Å². The van der Waals surface area contributed by atoms with Gasteiger partial charge in [0.15, 0.2) is 17.5 Å². The van der Waals surface area contributed by atoms with Crippen LogP contribution in [0.15, 0.2) is 206 Å². The van der Waals surface area contributed by atoms with Crippen molar-refractivity contribution in [1.29, 1.82) is 5.26 Å². The first kappa shape index (κ1) is 38.7. The lowest BCUT2D eigenvalue weighted by Crippen LogP contribution is -2.08. The van der Waals surface area contributed by atoms with Crippen LogP contribution < -0.4 is 0 Å². The number of para-hydroxylation sites is 2. The van der Waals surface area contributed by atoms with Gasteiger partial charge in [-0.2, -0.15) is 5.26 Å². The van der Waals surface area contributed by atoms with Crippen molar-refractivity contribution in [3.63, 3.8) is 0 Å². The Morgan fingerprint density at radius 2 is 0.742 bits per heavy atom. The molecule has 3 aromatic heterocycles. The summed E-state index contributed by atoms with van der Waals surface area (Å²) in [6, 6.07) is 74.4. The van der Waals surface area contributed by atoms with Gasteiger partial charge in [-0.25, -0.2) is 15.0 Å². The highest BCUT2D eigenvalue weighted by Gasteiger charge is 2.26. The lowest BCUT2D eigenvalue weighted by atomic mass is 10.0. The van der Waals surface area contributed by atoms with Gasteiger partial charge in [0.2, 0.25) is 0 Å². The van der Waals surface area contributed by atoms with Crippen LogP contribution in [-0.2, 0) is 0 Å². The van der Waals surface area contributed by atoms with E-state index in [4.69, 9.17) is 15.0 Å². The Morgan fingerprint density at radius 1 is 0.348 bits per heavy atom. The highest BCUT2D eigenvalue weighted by atomic mass is 15.1. The molecule has 0 radical (unpaired) electrons. The summed E-state index contributed by atoms with van der Waals surface area (Å²) in [5.74, 6) is 1.59. The predicted octanol–water partition coefficient (Wildman–Crippen LogP) is 14.9. The Balaban J connectivity index is 1.23. The SMILES string of the molecule is Cc1cccc(-c2ccc3c(c2)c2ccccc2n3-c2cc(C#N)cc(-n3c4ccccc4c4cc(-c5cccc(C)c5)ccc43)c2-c2nc(-c3ccccc3)nc(-c3ccccc3)n2)c1. The molecule has 3 heterocycles. The van der Waals surface area contributed by atoms with Crippen LogP contribution in [0.2, 0.25) is 0 Å². The Labute approximate surface area is 382 Å². The highest BCUT2D eigenvalue weighted by molar-refractivity contribution is 6.13. The molecule has 0 bridgehead atoms. The zero-order valence-electron chi connectivity index (χ0n) is 36.3. The third-order valence-electron chi connectivity index (χ3n) is 12.7. The van der Waals surface area contributed by atoms with E-state index in [-0.39, 0.29) is 0 Å². The molecule has 0 fully saturated rings. The van der Waals surface area contributed by atoms with Gasteiger partial charge in [-0.05, 0) is 84.6 Å². The van der Waals surface area contributed by atoms with Crippen molar-refractivity contribution in [2.45, 2.75) is 13.8 Å². The number of nitriles is 1. The van der Waals surface area contributed by atoms with Crippen molar-refractivity contribution in [3.8, 4) is 73.9 Å². The lowest BCUT2D eigenvalue weighted by molar-refractivity contribution is 1.05. The van der Waals surface area contributed by atoms with Crippen LogP contribution in [0, 0.1) is 25.2 Å². The molecule has 12 aromatic rings. The van der Waals surface area contributed by atoms with E-state index >= 15 is 0 Å². The number of hydrogen-bond donors (Lipinski definition) is 0. The fourth-order valence-electron chi connectivity index (χ4n) is 9.65. The van der Waals surface area contributed by atoms with E-state index in [1.165, 1.54) is 11.1 Å². The molecule has 0 saturated carbocycles. The van der Waals surface area contributed by atoms with Gasteiger partial charge in [0.05, 0.1) is 50.6 Å². The summed E-state index contributed by atoms with van der Waals surface area (Å²) in [5, 5.41) is 15.4. The fraction of sp³-hybridized carbons (Fsp3) is 0.0333. The van der Waals surface area contributed by atoms with E-state index in [0.29, 0.717) is 23.0 Å². The number of aromatic nitrogens is 5. The minimum absolute atomic E-state index is 0.488. The van der Waals surface area contributed by atoms with Crippen molar-refractivity contribution < 1.29 is 0 Å². The molecule has 0 aliphatic heterocycles. The number of hydrogen-bond acceptors (Lipinski definition) is 4. The Bertz CT molecular complexity index is 3670. The highest BCUT2D eigenvalue weighted by Crippen LogP contribution is 2.44. The lowest BCUT2D eigenvalue weighted by Gasteiger charge is -2.20. The summed E-state index contributed by atoms with van der Waals surface area (Å²) >= 11 is 0. The second-order valence-electron chi connectivity index (χ2n) is 16.9. The van der Waals surface area contributed by atoms with Crippen LogP contribution in [0.4, 0.5) is 0 Å². The van der Waals surface area contributed by atoms with Gasteiger partial charge in [-0.15, -0.1) is 0 Å². The maximum absolute atomic E-state index is 11.0. The first-order valence-corrected chi connectivity index (χ1v) is 22.2. The van der Waals surface area contributed by atoms with E-state index in [9.17, 15) is 5.26 Å². The number of nitrogens with zero attached hydrogens (tertiary/aromatic N) is 6. The molecule has 0 spiro atoms. The molecule has 0 aliphatic carbocycles. The predicted molar refractivity (Wildman–Crippen MR) is 270 cm³/mol. The van der Waals surface area contributed by atoms with E-state index in [1.54, 1.807) is 0 Å². The average Bonchev–Trinajstić information content (AvgIpc) is 3.88. The minimum Gasteiger partial charge on any atom is -0.308 e. The normalized spacial score (nSPS) is 11.5. The molecule has 310 valence electrons. The van der Waals surface area contributed by atoms with Crippen molar-refractivity contribution in [1.82, 2.24) is 24.1 Å². The molecule has 0 unspecified atom stereocenters. The summed E-state index contributed by atoms with van der Waals surface area (Å²) in [5.41, 5.74) is 15.6. The maximum atomic E-state index is 11.0. The average molecular weight is 845 g/mol. The smallest absolute Gasteiger partial charge is 0.168 e. The Morgan fingerprint density at radius 3 is 1.20 bits per heavy atom. The van der Waals surface area contributed by atoms with E-state index in [2.05, 4.69) is 163 Å². The first-order chi connectivity index (χ1) is 32.5. The van der Waals surface area contributed by atoms with Gasteiger partial charge in [0.25, 0.3) is 0 Å². The molecule has 12 rings (SSSR count). The third-order valence-corrected chi connectivity index (χ3v) is 12.7. The summed E-state index contributed by atoms with van der Waals surface area (Å²) in [4.78, 5) is 15.9. The van der Waals surface area contributed by atoms with Crippen LogP contribution in [0.3, 0.4) is 0 Å². The van der Waals surface area contributed by atoms with E-state index in [1.807, 2.05) is 72.8 Å². The molecular formula is C60H40N6. The fourth-order valence-corrected chi connectivity index (χ4v) is 9.65. The molecule has 6 heteroatoms. The maximum Gasteiger partial charge on any atom is 0.168 e. The van der Waals surface area contributed by atoms with Gasteiger partial charge in [-0.1, -0.05) is 169 Å². The second-order valence-corrected chi connectivity index (χ2v) is 16.9. The van der Waals surface area contributed by atoms with Crippen LogP contribution >= 0.6 is 0 Å². The molecule has 0 saturated heterocycles. The van der Waals surface area contributed by atoms with Crippen LogP contribution in [-0.4, -0.2) is 24.1 Å². The molecule has 9 aromatic carbocycles. The van der Waals surface area contributed by atoms with E-state index < -0.39 is 0 Å². The quantitative estimate of drug-likeness (QED) is 0.160. The minimum atomic E-state index is 0.488. The van der Waals surface area contributed by atoms with Crippen molar-refractivity contribution in [2.24, 2.45) is 0 Å².